The fourth-order valence-electron chi connectivity index (χ4n) is 1.87. The van der Waals surface area contributed by atoms with E-state index in [1.165, 1.54) is 7.11 Å². The molecular weight excluding hydrogens is 232 g/mol. The summed E-state index contributed by atoms with van der Waals surface area (Å²) in [7, 11) is 3.67. The van der Waals surface area contributed by atoms with E-state index in [9.17, 15) is 14.7 Å². The van der Waals surface area contributed by atoms with E-state index in [4.69, 9.17) is 9.47 Å². The summed E-state index contributed by atoms with van der Waals surface area (Å²) in [6.07, 6.45) is -1.82. The Morgan fingerprint density at radius 1 is 1.24 bits per heavy atom. The number of rotatable bonds is 4. The number of methoxy groups -OCH3 is 3. The highest BCUT2D eigenvalue weighted by atomic mass is 16.7. The molecule has 0 aromatic rings. The van der Waals surface area contributed by atoms with Gasteiger partial charge in [0.25, 0.3) is 0 Å². The predicted molar refractivity (Wildman–Crippen MR) is 53.8 cm³/mol. The van der Waals surface area contributed by atoms with Gasteiger partial charge in [-0.3, -0.25) is 9.59 Å². The van der Waals surface area contributed by atoms with Crippen molar-refractivity contribution in [1.29, 1.82) is 0 Å². The van der Waals surface area contributed by atoms with Gasteiger partial charge in [-0.15, -0.1) is 0 Å². The molecule has 0 aromatic heterocycles. The van der Waals surface area contributed by atoms with Crippen LogP contribution in [0.2, 0.25) is 0 Å². The van der Waals surface area contributed by atoms with Gasteiger partial charge in [-0.25, -0.2) is 0 Å². The second kappa shape index (κ2) is 5.95. The number of hydrogen-bond acceptors (Lipinski definition) is 7. The van der Waals surface area contributed by atoms with Gasteiger partial charge in [0.15, 0.2) is 12.2 Å². The van der Waals surface area contributed by atoms with Crippen molar-refractivity contribution in [3.63, 3.8) is 0 Å². The van der Waals surface area contributed by atoms with E-state index < -0.39 is 36.2 Å². The molecule has 1 aliphatic rings. The van der Waals surface area contributed by atoms with Gasteiger partial charge in [0.2, 0.25) is 0 Å². The van der Waals surface area contributed by atoms with E-state index in [1.807, 2.05) is 0 Å². The Balaban J connectivity index is 2.95. The van der Waals surface area contributed by atoms with Gasteiger partial charge in [-0.2, -0.15) is 0 Å². The second-order valence-electron chi connectivity index (χ2n) is 3.61. The SMILES string of the molecule is COC(=O)C(C(=O)OC)C1C(O)COC1OC. The van der Waals surface area contributed by atoms with Crippen molar-refractivity contribution >= 4 is 11.9 Å². The normalized spacial score (nSPS) is 28.2. The van der Waals surface area contributed by atoms with Crippen molar-refractivity contribution in [2.24, 2.45) is 11.8 Å². The zero-order valence-electron chi connectivity index (χ0n) is 9.91. The predicted octanol–water partition coefficient (Wildman–Crippen LogP) is -1.07. The summed E-state index contributed by atoms with van der Waals surface area (Å²) in [5.41, 5.74) is 0. The zero-order valence-corrected chi connectivity index (χ0v) is 9.91. The molecule has 0 bridgehead atoms. The maximum atomic E-state index is 11.6. The first-order valence-electron chi connectivity index (χ1n) is 5.05. The molecule has 17 heavy (non-hydrogen) atoms. The van der Waals surface area contributed by atoms with Crippen LogP contribution in [0, 0.1) is 11.8 Å². The van der Waals surface area contributed by atoms with E-state index in [1.54, 1.807) is 0 Å². The Morgan fingerprint density at radius 3 is 2.18 bits per heavy atom. The molecule has 1 heterocycles. The summed E-state index contributed by atoms with van der Waals surface area (Å²) in [6.45, 7) is -0.00629. The van der Waals surface area contributed by atoms with E-state index in [0.29, 0.717) is 0 Å². The van der Waals surface area contributed by atoms with Crippen LogP contribution >= 0.6 is 0 Å². The Bertz CT molecular complexity index is 274. The van der Waals surface area contributed by atoms with Gasteiger partial charge < -0.3 is 24.1 Å². The van der Waals surface area contributed by atoms with Crippen LogP contribution in [0.25, 0.3) is 0 Å². The number of carbonyl (C=O) groups is 2. The van der Waals surface area contributed by atoms with Crippen LogP contribution in [0.15, 0.2) is 0 Å². The first-order valence-corrected chi connectivity index (χ1v) is 5.05. The molecule has 7 heteroatoms. The van der Waals surface area contributed by atoms with Crippen molar-refractivity contribution in [3.05, 3.63) is 0 Å². The summed E-state index contributed by atoms with van der Waals surface area (Å²) < 4.78 is 19.1. The number of hydrogen-bond donors (Lipinski definition) is 1. The fraction of sp³-hybridized carbons (Fsp3) is 0.800. The van der Waals surface area contributed by atoms with Crippen molar-refractivity contribution in [3.8, 4) is 0 Å². The summed E-state index contributed by atoms with van der Waals surface area (Å²) in [5, 5.41) is 9.73. The topological polar surface area (TPSA) is 91.3 Å². The Labute approximate surface area is 98.6 Å². The van der Waals surface area contributed by atoms with Crippen molar-refractivity contribution < 1.29 is 33.6 Å². The highest BCUT2D eigenvalue weighted by molar-refractivity contribution is 5.95. The summed E-state index contributed by atoms with van der Waals surface area (Å²) >= 11 is 0. The molecule has 0 spiro atoms. The Morgan fingerprint density at radius 2 is 1.76 bits per heavy atom. The monoisotopic (exact) mass is 248 g/mol. The molecule has 1 aliphatic heterocycles. The highest BCUT2D eigenvalue weighted by Gasteiger charge is 2.49. The van der Waals surface area contributed by atoms with E-state index >= 15 is 0 Å². The number of ether oxygens (including phenoxy) is 4. The molecule has 0 saturated carbocycles. The number of esters is 2. The minimum atomic E-state index is -1.26. The summed E-state index contributed by atoms with van der Waals surface area (Å²) in [6, 6.07) is 0. The quantitative estimate of drug-likeness (QED) is 0.500. The van der Waals surface area contributed by atoms with Crippen LogP contribution < -0.4 is 0 Å². The van der Waals surface area contributed by atoms with Crippen molar-refractivity contribution in [2.45, 2.75) is 12.4 Å². The van der Waals surface area contributed by atoms with Crippen LogP contribution in [0.3, 0.4) is 0 Å². The molecule has 98 valence electrons. The Kier molecular flexibility index (Phi) is 4.86. The van der Waals surface area contributed by atoms with Crippen LogP contribution in [0.5, 0.6) is 0 Å². The molecule has 1 N–H and O–H groups in total. The standard InChI is InChI=1S/C10H16O7/c1-14-8(12)7(9(13)15-2)6-5(11)4-17-10(6)16-3/h5-7,10-11H,4H2,1-3H3. The second-order valence-corrected chi connectivity index (χ2v) is 3.61. The molecule has 0 aliphatic carbocycles. The largest absolute Gasteiger partial charge is 0.468 e. The molecule has 0 amide bonds. The lowest BCUT2D eigenvalue weighted by molar-refractivity contribution is -0.173. The van der Waals surface area contributed by atoms with Crippen LogP contribution in [-0.2, 0) is 28.5 Å². The molecular formula is C10H16O7. The highest BCUT2D eigenvalue weighted by Crippen LogP contribution is 2.31. The number of aliphatic hydroxyl groups is 1. The maximum absolute atomic E-state index is 11.6. The van der Waals surface area contributed by atoms with E-state index in [0.717, 1.165) is 14.2 Å². The summed E-state index contributed by atoms with van der Waals surface area (Å²) in [4.78, 5) is 23.1. The van der Waals surface area contributed by atoms with Crippen LogP contribution in [0.4, 0.5) is 0 Å². The summed E-state index contributed by atoms with van der Waals surface area (Å²) in [5.74, 6) is -3.66. The lowest BCUT2D eigenvalue weighted by Gasteiger charge is -2.24. The van der Waals surface area contributed by atoms with Crippen molar-refractivity contribution in [2.75, 3.05) is 27.9 Å². The van der Waals surface area contributed by atoms with Crippen molar-refractivity contribution in [1.82, 2.24) is 0 Å². The van der Waals surface area contributed by atoms with E-state index in [2.05, 4.69) is 9.47 Å². The van der Waals surface area contributed by atoms with Crippen LogP contribution in [0.1, 0.15) is 0 Å². The average Bonchev–Trinajstić information content (AvgIpc) is 2.70. The van der Waals surface area contributed by atoms with Gasteiger partial charge in [0, 0.05) is 7.11 Å². The molecule has 0 radical (unpaired) electrons. The lowest BCUT2D eigenvalue weighted by Crippen LogP contribution is -2.42. The molecule has 7 nitrogen and oxygen atoms in total. The third-order valence-electron chi connectivity index (χ3n) is 2.72. The Hall–Kier alpha value is -1.18. The number of aliphatic hydroxyl groups excluding tert-OH is 1. The van der Waals surface area contributed by atoms with Gasteiger partial charge in [-0.05, 0) is 0 Å². The first-order chi connectivity index (χ1) is 8.06. The molecule has 3 atom stereocenters. The van der Waals surface area contributed by atoms with Gasteiger partial charge in [0.05, 0.1) is 32.8 Å². The molecule has 1 rings (SSSR count). The molecule has 0 aromatic carbocycles. The minimum absolute atomic E-state index is 0.00629. The average molecular weight is 248 g/mol. The maximum Gasteiger partial charge on any atom is 0.320 e. The fourth-order valence-corrected chi connectivity index (χ4v) is 1.87. The zero-order chi connectivity index (χ0) is 13.0. The van der Waals surface area contributed by atoms with E-state index in [-0.39, 0.29) is 6.61 Å². The molecule has 3 unspecified atom stereocenters. The van der Waals surface area contributed by atoms with Gasteiger partial charge in [-0.1, -0.05) is 0 Å². The minimum Gasteiger partial charge on any atom is -0.468 e. The third kappa shape index (κ3) is 2.74. The molecule has 1 saturated heterocycles. The third-order valence-corrected chi connectivity index (χ3v) is 2.72. The van der Waals surface area contributed by atoms with Crippen LogP contribution in [-0.4, -0.2) is 57.4 Å². The number of carbonyl (C=O) groups excluding carboxylic acids is 2. The van der Waals surface area contributed by atoms with Gasteiger partial charge in [0.1, 0.15) is 0 Å². The molecule has 1 fully saturated rings. The first kappa shape index (κ1) is 13.9. The lowest BCUT2D eigenvalue weighted by atomic mass is 9.88. The van der Waals surface area contributed by atoms with Gasteiger partial charge >= 0.3 is 11.9 Å². The smallest absolute Gasteiger partial charge is 0.320 e.